The molecule has 1 fully saturated rings. The number of alkyl halides is 3. The van der Waals surface area contributed by atoms with Gasteiger partial charge in [-0.25, -0.2) is 0 Å². The molecule has 6 heteroatoms. The highest BCUT2D eigenvalue weighted by atomic mass is 32.1. The molecule has 1 aromatic heterocycles. The number of nitrogens with zero attached hydrogens (tertiary/aromatic N) is 2. The number of halogens is 3. The average Bonchev–Trinajstić information content (AvgIpc) is 2.92. The van der Waals surface area contributed by atoms with Gasteiger partial charge in [0.2, 0.25) is 0 Å². The zero-order valence-corrected chi connectivity index (χ0v) is 13.8. The lowest BCUT2D eigenvalue weighted by molar-refractivity contribution is -0.137. The molecule has 1 aliphatic heterocycles. The van der Waals surface area contributed by atoms with Gasteiger partial charge in [0, 0.05) is 43.3 Å². The van der Waals surface area contributed by atoms with Gasteiger partial charge in [-0.15, -0.1) is 11.3 Å². The first-order valence-electron chi connectivity index (χ1n) is 7.61. The van der Waals surface area contributed by atoms with Gasteiger partial charge in [-0.1, -0.05) is 6.07 Å². The van der Waals surface area contributed by atoms with Crippen LogP contribution >= 0.6 is 11.3 Å². The molecule has 0 saturated carbocycles. The maximum Gasteiger partial charge on any atom is 0.416 e. The third kappa shape index (κ3) is 3.87. The molecule has 1 aliphatic rings. The number of anilines is 1. The van der Waals surface area contributed by atoms with Crippen LogP contribution in [-0.4, -0.2) is 31.1 Å². The Bertz CT molecular complexity index is 658. The first-order valence-corrected chi connectivity index (χ1v) is 8.49. The Morgan fingerprint density at radius 3 is 2.43 bits per heavy atom. The van der Waals surface area contributed by atoms with Gasteiger partial charge in [0.1, 0.15) is 0 Å². The molecule has 0 amide bonds. The van der Waals surface area contributed by atoms with Crippen molar-refractivity contribution in [3.8, 4) is 0 Å². The van der Waals surface area contributed by atoms with Crippen molar-refractivity contribution in [3.63, 3.8) is 0 Å². The molecular weight excluding hydrogens is 321 g/mol. The highest BCUT2D eigenvalue weighted by molar-refractivity contribution is 7.10. The molecule has 3 rings (SSSR count). The molecule has 0 unspecified atom stereocenters. The quantitative estimate of drug-likeness (QED) is 0.817. The molecule has 1 aromatic carbocycles. The van der Waals surface area contributed by atoms with Gasteiger partial charge in [0.25, 0.3) is 0 Å². The summed E-state index contributed by atoms with van der Waals surface area (Å²) in [5.74, 6) is 0. The first kappa shape index (κ1) is 16.3. The molecule has 1 saturated heterocycles. The van der Waals surface area contributed by atoms with Crippen molar-refractivity contribution in [2.45, 2.75) is 19.6 Å². The van der Waals surface area contributed by atoms with Crippen LogP contribution < -0.4 is 4.90 Å². The fourth-order valence-electron chi connectivity index (χ4n) is 2.81. The van der Waals surface area contributed by atoms with E-state index in [0.29, 0.717) is 5.69 Å². The van der Waals surface area contributed by atoms with E-state index < -0.39 is 11.7 Å². The van der Waals surface area contributed by atoms with Crippen molar-refractivity contribution in [1.82, 2.24) is 4.90 Å². The zero-order valence-electron chi connectivity index (χ0n) is 12.9. The van der Waals surface area contributed by atoms with E-state index in [1.807, 2.05) is 4.90 Å². The summed E-state index contributed by atoms with van der Waals surface area (Å²) >= 11 is 1.76. The molecule has 2 aromatic rings. The third-order valence-corrected chi connectivity index (χ3v) is 5.25. The molecule has 124 valence electrons. The number of aryl methyl sites for hydroxylation is 1. The van der Waals surface area contributed by atoms with Gasteiger partial charge in [0.15, 0.2) is 0 Å². The van der Waals surface area contributed by atoms with Crippen LogP contribution in [0.4, 0.5) is 18.9 Å². The maximum atomic E-state index is 12.8. The van der Waals surface area contributed by atoms with Crippen molar-refractivity contribution in [2.24, 2.45) is 0 Å². The summed E-state index contributed by atoms with van der Waals surface area (Å²) in [4.78, 5) is 5.77. The summed E-state index contributed by atoms with van der Waals surface area (Å²) in [6.45, 7) is 6.29. The highest BCUT2D eigenvalue weighted by Gasteiger charge is 2.31. The second-order valence-electron chi connectivity index (χ2n) is 5.84. The van der Waals surface area contributed by atoms with Crippen LogP contribution in [0.1, 0.15) is 16.0 Å². The minimum absolute atomic E-state index is 0.577. The number of benzene rings is 1. The van der Waals surface area contributed by atoms with Gasteiger partial charge < -0.3 is 4.90 Å². The van der Waals surface area contributed by atoms with Gasteiger partial charge in [-0.05, 0) is 42.1 Å². The molecule has 2 heterocycles. The second-order valence-corrected chi connectivity index (χ2v) is 6.84. The van der Waals surface area contributed by atoms with E-state index in [4.69, 9.17) is 0 Å². The van der Waals surface area contributed by atoms with Crippen LogP contribution in [0.15, 0.2) is 35.7 Å². The van der Waals surface area contributed by atoms with Crippen LogP contribution in [-0.2, 0) is 12.7 Å². The van der Waals surface area contributed by atoms with Crippen molar-refractivity contribution in [3.05, 3.63) is 51.7 Å². The second kappa shape index (κ2) is 6.53. The van der Waals surface area contributed by atoms with Crippen LogP contribution in [0.5, 0.6) is 0 Å². The lowest BCUT2D eigenvalue weighted by atomic mass is 10.1. The summed E-state index contributed by atoms with van der Waals surface area (Å²) in [5.41, 5.74) is 1.40. The molecule has 0 N–H and O–H groups in total. The van der Waals surface area contributed by atoms with Gasteiger partial charge in [0.05, 0.1) is 5.56 Å². The smallest absolute Gasteiger partial charge is 0.369 e. The molecule has 0 spiro atoms. The van der Waals surface area contributed by atoms with Gasteiger partial charge in [-0.2, -0.15) is 13.2 Å². The number of hydrogen-bond acceptors (Lipinski definition) is 3. The molecule has 0 bridgehead atoms. The van der Waals surface area contributed by atoms with E-state index in [0.717, 1.165) is 38.8 Å². The minimum atomic E-state index is -4.28. The lowest BCUT2D eigenvalue weighted by Gasteiger charge is -2.36. The van der Waals surface area contributed by atoms with Gasteiger partial charge in [-0.3, -0.25) is 4.90 Å². The summed E-state index contributed by atoms with van der Waals surface area (Å²) in [5, 5.41) is 2.10. The number of hydrogen-bond donors (Lipinski definition) is 0. The highest BCUT2D eigenvalue weighted by Crippen LogP contribution is 2.32. The maximum absolute atomic E-state index is 12.8. The minimum Gasteiger partial charge on any atom is -0.369 e. The summed E-state index contributed by atoms with van der Waals surface area (Å²) < 4.78 is 38.5. The van der Waals surface area contributed by atoms with Crippen LogP contribution in [0.2, 0.25) is 0 Å². The van der Waals surface area contributed by atoms with Crippen molar-refractivity contribution >= 4 is 17.0 Å². The Morgan fingerprint density at radius 2 is 1.83 bits per heavy atom. The summed E-state index contributed by atoms with van der Waals surface area (Å²) in [6.07, 6.45) is -4.28. The molecule has 0 radical (unpaired) electrons. The Kier molecular flexibility index (Phi) is 4.64. The summed E-state index contributed by atoms with van der Waals surface area (Å²) in [7, 11) is 0. The third-order valence-electron chi connectivity index (χ3n) is 4.25. The number of rotatable bonds is 3. The normalized spacial score (nSPS) is 16.8. The Morgan fingerprint density at radius 1 is 1.09 bits per heavy atom. The average molecular weight is 340 g/mol. The predicted octanol–water partition coefficient (Wildman–Crippen LogP) is 4.40. The molecular formula is C17H19F3N2S. The van der Waals surface area contributed by atoms with E-state index in [1.54, 1.807) is 17.4 Å². The standard InChI is InChI=1S/C17H19F3N2S/c1-13-5-10-23-16(13)12-21-6-8-22(9-7-21)15-4-2-3-14(11-15)17(18,19)20/h2-5,10-11H,6-9,12H2,1H3. The van der Waals surface area contributed by atoms with E-state index in [2.05, 4.69) is 23.3 Å². The molecule has 2 nitrogen and oxygen atoms in total. The Balaban J connectivity index is 1.62. The predicted molar refractivity (Wildman–Crippen MR) is 88.0 cm³/mol. The summed E-state index contributed by atoms with van der Waals surface area (Å²) in [6, 6.07) is 7.74. The first-order chi connectivity index (χ1) is 10.9. The zero-order chi connectivity index (χ0) is 16.4. The van der Waals surface area contributed by atoms with Crippen LogP contribution in [0.25, 0.3) is 0 Å². The number of piperazine rings is 1. The number of thiophene rings is 1. The Hall–Kier alpha value is -1.53. The molecule has 23 heavy (non-hydrogen) atoms. The molecule has 0 aliphatic carbocycles. The van der Waals surface area contributed by atoms with E-state index in [1.165, 1.54) is 22.6 Å². The Labute approximate surface area is 138 Å². The lowest BCUT2D eigenvalue weighted by Crippen LogP contribution is -2.46. The monoisotopic (exact) mass is 340 g/mol. The van der Waals surface area contributed by atoms with Crippen molar-refractivity contribution in [1.29, 1.82) is 0 Å². The fourth-order valence-corrected chi connectivity index (χ4v) is 3.76. The van der Waals surface area contributed by atoms with E-state index in [-0.39, 0.29) is 0 Å². The topological polar surface area (TPSA) is 6.48 Å². The van der Waals surface area contributed by atoms with Crippen molar-refractivity contribution in [2.75, 3.05) is 31.1 Å². The fraction of sp³-hybridized carbons (Fsp3) is 0.412. The van der Waals surface area contributed by atoms with Crippen LogP contribution in [0.3, 0.4) is 0 Å². The van der Waals surface area contributed by atoms with E-state index in [9.17, 15) is 13.2 Å². The van der Waals surface area contributed by atoms with Gasteiger partial charge >= 0.3 is 6.18 Å². The molecule has 0 atom stereocenters. The SMILES string of the molecule is Cc1ccsc1CN1CCN(c2cccc(C(F)(F)F)c2)CC1. The van der Waals surface area contributed by atoms with Crippen molar-refractivity contribution < 1.29 is 13.2 Å². The van der Waals surface area contributed by atoms with Crippen LogP contribution in [0, 0.1) is 6.92 Å². The largest absolute Gasteiger partial charge is 0.416 e. The van der Waals surface area contributed by atoms with E-state index >= 15 is 0 Å².